The molecule has 25 heavy (non-hydrogen) atoms. The average molecular weight is 387 g/mol. The maximum atomic E-state index is 12.6. The minimum Gasteiger partial charge on any atom is -0.626 e. The van der Waals surface area contributed by atoms with Gasteiger partial charge in [-0.2, -0.15) is 0 Å². The van der Waals surface area contributed by atoms with Crippen LogP contribution in [-0.4, -0.2) is 50.1 Å². The third-order valence-corrected chi connectivity index (χ3v) is 6.23. The molecule has 3 rings (SSSR count). The molecule has 1 aromatic carbocycles. The fraction of sp³-hybridized carbons (Fsp3) is 0.500. The van der Waals surface area contributed by atoms with Crippen molar-refractivity contribution in [3.63, 3.8) is 0 Å². The molecule has 1 N–H and O–H groups in total. The summed E-state index contributed by atoms with van der Waals surface area (Å²) in [6.07, 6.45) is 1.16. The van der Waals surface area contributed by atoms with Crippen LogP contribution < -0.4 is 9.80 Å². The Bertz CT molecular complexity index is 660. The monoisotopic (exact) mass is 386 g/mol. The Hall–Kier alpha value is -1.32. The highest BCUT2D eigenvalue weighted by molar-refractivity contribution is 7.80. The Kier molecular flexibility index (Phi) is 5.85. The number of ether oxygens (including phenoxy) is 1. The van der Waals surface area contributed by atoms with Crippen molar-refractivity contribution in [2.45, 2.75) is 25.9 Å². The molecule has 2 aliphatic heterocycles. The lowest BCUT2D eigenvalue weighted by Gasteiger charge is -2.35. The molecule has 0 aliphatic carbocycles. The van der Waals surface area contributed by atoms with Gasteiger partial charge in [-0.15, -0.1) is 0 Å². The molecule has 2 aliphatic rings. The zero-order valence-corrected chi connectivity index (χ0v) is 15.9. The third kappa shape index (κ3) is 3.78. The van der Waals surface area contributed by atoms with E-state index in [0.29, 0.717) is 25.5 Å². The Morgan fingerprint density at radius 3 is 2.80 bits per heavy atom. The molecule has 0 amide bonds. The first kappa shape index (κ1) is 18.5. The lowest BCUT2D eigenvalue weighted by Crippen LogP contribution is -3.09. The SMILES string of the molecule is CC1N(Cl)C2=C(N(CCCCOc3ccccc3)S(=O)N(C)C2)[NH+]1[O-]. The van der Waals surface area contributed by atoms with Crippen molar-refractivity contribution in [2.24, 2.45) is 0 Å². The smallest absolute Gasteiger partial charge is 0.239 e. The zero-order valence-electron chi connectivity index (χ0n) is 14.4. The van der Waals surface area contributed by atoms with Crippen molar-refractivity contribution in [1.29, 1.82) is 0 Å². The molecular formula is C16H23ClN4O3S. The minimum atomic E-state index is -1.36. The van der Waals surface area contributed by atoms with Gasteiger partial charge in [-0.1, -0.05) is 18.2 Å². The molecule has 7 nitrogen and oxygen atoms in total. The van der Waals surface area contributed by atoms with Gasteiger partial charge in [0.15, 0.2) is 6.17 Å². The van der Waals surface area contributed by atoms with Crippen molar-refractivity contribution < 1.29 is 14.0 Å². The van der Waals surface area contributed by atoms with Crippen LogP contribution in [-0.2, 0) is 11.2 Å². The number of nitrogens with zero attached hydrogens (tertiary/aromatic N) is 3. The summed E-state index contributed by atoms with van der Waals surface area (Å²) in [5.74, 6) is 1.34. The molecule has 0 fully saturated rings. The minimum absolute atomic E-state index is 0.0630. The number of hydrogen-bond donors (Lipinski definition) is 1. The van der Waals surface area contributed by atoms with E-state index < -0.39 is 17.3 Å². The summed E-state index contributed by atoms with van der Waals surface area (Å²) in [6.45, 7) is 3.28. The van der Waals surface area contributed by atoms with Gasteiger partial charge >= 0.3 is 0 Å². The van der Waals surface area contributed by atoms with Crippen molar-refractivity contribution in [2.75, 3.05) is 26.7 Å². The predicted octanol–water partition coefficient (Wildman–Crippen LogP) is 1.04. The predicted molar refractivity (Wildman–Crippen MR) is 97.2 cm³/mol. The summed E-state index contributed by atoms with van der Waals surface area (Å²) in [4.78, 5) is 0. The van der Waals surface area contributed by atoms with Gasteiger partial charge < -0.3 is 15.0 Å². The van der Waals surface area contributed by atoms with E-state index in [1.54, 1.807) is 22.6 Å². The summed E-state index contributed by atoms with van der Waals surface area (Å²) in [6, 6.07) is 9.64. The van der Waals surface area contributed by atoms with E-state index in [-0.39, 0.29) is 5.06 Å². The topological polar surface area (TPSA) is 63.5 Å². The number of nitrogens with one attached hydrogen (secondary N) is 1. The van der Waals surface area contributed by atoms with E-state index in [2.05, 4.69) is 0 Å². The Labute approximate surface area is 155 Å². The molecule has 0 radical (unpaired) electrons. The molecular weight excluding hydrogens is 364 g/mol. The molecule has 2 heterocycles. The fourth-order valence-electron chi connectivity index (χ4n) is 2.95. The third-order valence-electron chi connectivity index (χ3n) is 4.33. The van der Waals surface area contributed by atoms with Crippen LogP contribution in [0, 0.1) is 5.21 Å². The van der Waals surface area contributed by atoms with Gasteiger partial charge in [0, 0.05) is 32.3 Å². The Morgan fingerprint density at radius 2 is 2.08 bits per heavy atom. The maximum Gasteiger partial charge on any atom is 0.239 e. The normalized spacial score (nSPS) is 27.0. The first-order valence-corrected chi connectivity index (χ1v) is 9.71. The highest BCUT2D eigenvalue weighted by Crippen LogP contribution is 2.27. The summed E-state index contributed by atoms with van der Waals surface area (Å²) < 4.78 is 23.1. The van der Waals surface area contributed by atoms with Crippen LogP contribution in [0.5, 0.6) is 5.75 Å². The number of unbranched alkanes of at least 4 members (excludes halogenated alkanes) is 1. The van der Waals surface area contributed by atoms with E-state index in [1.165, 1.54) is 4.42 Å². The van der Waals surface area contributed by atoms with E-state index in [1.807, 2.05) is 30.3 Å². The van der Waals surface area contributed by atoms with Gasteiger partial charge in [-0.25, -0.2) is 17.2 Å². The fourth-order valence-corrected chi connectivity index (χ4v) is 4.38. The summed E-state index contributed by atoms with van der Waals surface area (Å²) in [7, 11) is 1.77. The Morgan fingerprint density at radius 1 is 1.36 bits per heavy atom. The number of para-hydroxylation sites is 1. The Balaban J connectivity index is 1.57. The molecule has 138 valence electrons. The van der Waals surface area contributed by atoms with Crippen LogP contribution in [0.3, 0.4) is 0 Å². The van der Waals surface area contributed by atoms with Gasteiger partial charge in [0.05, 0.1) is 13.2 Å². The molecule has 0 saturated heterocycles. The van der Waals surface area contributed by atoms with Crippen molar-refractivity contribution in [1.82, 2.24) is 13.0 Å². The van der Waals surface area contributed by atoms with Gasteiger partial charge in [0.1, 0.15) is 11.4 Å². The number of rotatable bonds is 6. The number of benzene rings is 1. The first-order valence-electron chi connectivity index (χ1n) is 8.31. The molecule has 9 heteroatoms. The number of hydrogen-bond acceptors (Lipinski definition) is 4. The highest BCUT2D eigenvalue weighted by Gasteiger charge is 2.45. The average Bonchev–Trinajstić information content (AvgIpc) is 2.83. The van der Waals surface area contributed by atoms with E-state index >= 15 is 0 Å². The van der Waals surface area contributed by atoms with Crippen molar-refractivity contribution in [3.8, 4) is 5.75 Å². The standard InChI is InChI=1S/C16H23ClN4O3S/c1-13-20(17)15-12-18(2)25(23)19(16(15)21(13)22)10-6-7-11-24-14-8-4-3-5-9-14/h3-5,8-9,13,21H,6-7,10-12H2,1-2H3. The van der Waals surface area contributed by atoms with Crippen LogP contribution in [0.2, 0.25) is 0 Å². The van der Waals surface area contributed by atoms with Crippen LogP contribution in [0.1, 0.15) is 19.8 Å². The quantitative estimate of drug-likeness (QED) is 0.451. The first-order chi connectivity index (χ1) is 12.0. The van der Waals surface area contributed by atoms with Crippen molar-refractivity contribution in [3.05, 3.63) is 47.1 Å². The second-order valence-corrected chi connectivity index (χ2v) is 8.02. The van der Waals surface area contributed by atoms with Crippen LogP contribution in [0.25, 0.3) is 0 Å². The number of hydroxylamine groups is 2. The summed E-state index contributed by atoms with van der Waals surface area (Å²) in [5, 5.41) is 12.4. The number of halogens is 1. The highest BCUT2D eigenvalue weighted by atomic mass is 35.5. The molecule has 3 unspecified atom stereocenters. The number of likely N-dealkylation sites (N-methyl/N-ethyl adjacent to an activating group) is 1. The van der Waals surface area contributed by atoms with Crippen molar-refractivity contribution >= 4 is 22.9 Å². The summed E-state index contributed by atoms with van der Waals surface area (Å²) in [5.41, 5.74) is 0.738. The van der Waals surface area contributed by atoms with Crippen LogP contribution >= 0.6 is 11.8 Å². The maximum absolute atomic E-state index is 12.6. The molecule has 0 spiro atoms. The lowest BCUT2D eigenvalue weighted by molar-refractivity contribution is -0.841. The second kappa shape index (κ2) is 7.92. The van der Waals surface area contributed by atoms with Crippen LogP contribution in [0.15, 0.2) is 41.8 Å². The van der Waals surface area contributed by atoms with Gasteiger partial charge in [0.2, 0.25) is 17.0 Å². The molecule has 0 aromatic heterocycles. The van der Waals surface area contributed by atoms with E-state index in [4.69, 9.17) is 16.5 Å². The molecule has 1 aromatic rings. The second-order valence-electron chi connectivity index (χ2n) is 6.13. The molecule has 3 atom stereocenters. The molecule has 0 saturated carbocycles. The van der Waals surface area contributed by atoms with Gasteiger partial charge in [-0.3, -0.25) is 0 Å². The molecule has 0 bridgehead atoms. The van der Waals surface area contributed by atoms with E-state index in [9.17, 15) is 9.42 Å². The van der Waals surface area contributed by atoms with Crippen LogP contribution in [0.4, 0.5) is 0 Å². The lowest BCUT2D eigenvalue weighted by atomic mass is 10.3. The van der Waals surface area contributed by atoms with E-state index in [0.717, 1.165) is 24.3 Å². The zero-order chi connectivity index (χ0) is 18.0. The summed E-state index contributed by atoms with van der Waals surface area (Å²) >= 11 is 4.88. The van der Waals surface area contributed by atoms with Gasteiger partial charge in [-0.05, 0) is 25.0 Å². The largest absolute Gasteiger partial charge is 0.626 e. The van der Waals surface area contributed by atoms with Gasteiger partial charge in [0.25, 0.3) is 0 Å². The number of quaternary nitrogens is 1.